The molecule has 0 aromatic heterocycles. The number of amides is 2. The van der Waals surface area contributed by atoms with Crippen LogP contribution in [0.5, 0.6) is 11.5 Å². The topological polar surface area (TPSA) is 85.9 Å². The summed E-state index contributed by atoms with van der Waals surface area (Å²) in [5, 5.41) is 6.19. The minimum Gasteiger partial charge on any atom is -0.490 e. The van der Waals surface area contributed by atoms with Gasteiger partial charge in [-0.3, -0.25) is 0 Å². The van der Waals surface area contributed by atoms with E-state index in [0.717, 1.165) is 5.56 Å². The third kappa shape index (κ3) is 5.34. The first-order valence-electron chi connectivity index (χ1n) is 10.4. The minimum atomic E-state index is -0.685. The number of benzene rings is 2. The quantitative estimate of drug-likeness (QED) is 0.557. The largest absolute Gasteiger partial charge is 0.490 e. The zero-order valence-corrected chi connectivity index (χ0v) is 19.3. The Morgan fingerprint density at radius 1 is 1.12 bits per heavy atom. The second-order valence-corrected chi connectivity index (χ2v) is 8.00. The van der Waals surface area contributed by atoms with Gasteiger partial charge in [0.15, 0.2) is 11.5 Å². The van der Waals surface area contributed by atoms with Gasteiger partial charge in [-0.25, -0.2) is 9.59 Å². The molecule has 0 saturated carbocycles. The fraction of sp³-hybridized carbons (Fsp3) is 0.333. The van der Waals surface area contributed by atoms with Gasteiger partial charge >= 0.3 is 12.0 Å². The normalized spacial score (nSPS) is 15.8. The summed E-state index contributed by atoms with van der Waals surface area (Å²) in [5.74, 6) is 0.466. The van der Waals surface area contributed by atoms with Crippen molar-refractivity contribution in [3.8, 4) is 11.5 Å². The highest BCUT2D eigenvalue weighted by molar-refractivity contribution is 6.30. The van der Waals surface area contributed by atoms with E-state index in [-0.39, 0.29) is 11.9 Å². The lowest BCUT2D eigenvalue weighted by atomic mass is 9.91. The van der Waals surface area contributed by atoms with Crippen LogP contribution in [0.25, 0.3) is 0 Å². The number of hydrogen-bond acceptors (Lipinski definition) is 5. The zero-order valence-electron chi connectivity index (χ0n) is 18.5. The number of halogens is 1. The molecule has 0 aliphatic carbocycles. The van der Waals surface area contributed by atoms with E-state index >= 15 is 0 Å². The van der Waals surface area contributed by atoms with Gasteiger partial charge in [-0.15, -0.1) is 0 Å². The van der Waals surface area contributed by atoms with Crippen LogP contribution >= 0.6 is 11.6 Å². The lowest BCUT2D eigenvalue weighted by Gasteiger charge is -2.31. The van der Waals surface area contributed by atoms with Crippen molar-refractivity contribution < 1.29 is 23.8 Å². The number of hydrogen-bond donors (Lipinski definition) is 2. The monoisotopic (exact) mass is 458 g/mol. The number of ether oxygens (including phenoxy) is 3. The van der Waals surface area contributed by atoms with Crippen LogP contribution in [0.1, 0.15) is 37.9 Å². The first-order valence-corrected chi connectivity index (χ1v) is 10.8. The van der Waals surface area contributed by atoms with Gasteiger partial charge < -0.3 is 24.8 Å². The summed E-state index contributed by atoms with van der Waals surface area (Å²) in [4.78, 5) is 24.9. The van der Waals surface area contributed by atoms with Crippen LogP contribution in [0, 0.1) is 5.92 Å². The summed E-state index contributed by atoms with van der Waals surface area (Å²) >= 11 is 6.05. The molecule has 0 fully saturated rings. The molecule has 1 aliphatic rings. The molecule has 2 N–H and O–H groups in total. The van der Waals surface area contributed by atoms with Crippen molar-refractivity contribution in [3.05, 3.63) is 69.9 Å². The van der Waals surface area contributed by atoms with Gasteiger partial charge in [0.05, 0.1) is 25.3 Å². The second kappa shape index (κ2) is 10.4. The van der Waals surface area contributed by atoms with Gasteiger partial charge in [0.25, 0.3) is 0 Å². The van der Waals surface area contributed by atoms with E-state index in [1.54, 1.807) is 24.3 Å². The SMILES string of the molecule is CCOc1cc(C2NC(=O)NC(C(C)C)=C2C(=O)OC)ccc1OCc1cccc(Cl)c1. The molecular weight excluding hydrogens is 432 g/mol. The van der Waals surface area contributed by atoms with E-state index in [1.165, 1.54) is 7.11 Å². The molecule has 0 spiro atoms. The summed E-state index contributed by atoms with van der Waals surface area (Å²) in [6, 6.07) is 11.7. The van der Waals surface area contributed by atoms with Crippen LogP contribution in [-0.4, -0.2) is 25.7 Å². The highest BCUT2D eigenvalue weighted by Gasteiger charge is 2.34. The number of esters is 1. The molecule has 1 heterocycles. The average molecular weight is 459 g/mol. The molecule has 2 aromatic rings. The predicted octanol–water partition coefficient (Wildman–Crippen LogP) is 4.75. The summed E-state index contributed by atoms with van der Waals surface area (Å²) in [7, 11) is 1.32. The number of urea groups is 1. The Labute approximate surface area is 192 Å². The standard InChI is InChI=1S/C24H27ClN2O5/c1-5-31-19-12-16(9-10-18(19)32-13-15-7-6-8-17(25)11-15)22-20(23(28)30-4)21(14(2)3)26-24(29)27-22/h6-12,14,22H,5,13H2,1-4H3,(H2,26,27,29). The minimum absolute atomic E-state index is 0.0793. The first-order chi connectivity index (χ1) is 15.3. The molecule has 3 rings (SSSR count). The fourth-order valence-electron chi connectivity index (χ4n) is 3.51. The maximum Gasteiger partial charge on any atom is 0.337 e. The van der Waals surface area contributed by atoms with E-state index in [4.69, 9.17) is 25.8 Å². The third-order valence-corrected chi connectivity index (χ3v) is 5.20. The van der Waals surface area contributed by atoms with Crippen molar-refractivity contribution >= 4 is 23.6 Å². The lowest BCUT2D eigenvalue weighted by molar-refractivity contribution is -0.136. The maximum atomic E-state index is 12.6. The lowest BCUT2D eigenvalue weighted by Crippen LogP contribution is -2.47. The van der Waals surface area contributed by atoms with Gasteiger partial charge in [0, 0.05) is 10.7 Å². The van der Waals surface area contributed by atoms with Crippen molar-refractivity contribution in [2.45, 2.75) is 33.4 Å². The Balaban J connectivity index is 1.96. The number of methoxy groups -OCH3 is 1. The van der Waals surface area contributed by atoms with E-state index in [2.05, 4.69) is 10.6 Å². The molecule has 0 bridgehead atoms. The van der Waals surface area contributed by atoms with Gasteiger partial charge in [0.2, 0.25) is 0 Å². The molecule has 8 heteroatoms. The Morgan fingerprint density at radius 2 is 1.91 bits per heavy atom. The molecule has 0 saturated heterocycles. The van der Waals surface area contributed by atoms with E-state index in [0.29, 0.717) is 46.6 Å². The first kappa shape index (κ1) is 23.5. The van der Waals surface area contributed by atoms with Crippen LogP contribution in [0.3, 0.4) is 0 Å². The Kier molecular flexibility index (Phi) is 7.64. The van der Waals surface area contributed by atoms with Gasteiger partial charge in [-0.2, -0.15) is 0 Å². The van der Waals surface area contributed by atoms with Crippen molar-refractivity contribution in [3.63, 3.8) is 0 Å². The second-order valence-electron chi connectivity index (χ2n) is 7.56. The molecule has 1 aliphatic heterocycles. The van der Waals surface area contributed by atoms with Crippen LogP contribution in [0.15, 0.2) is 53.7 Å². The number of carbonyl (C=O) groups excluding carboxylic acids is 2. The van der Waals surface area contributed by atoms with Crippen LogP contribution in [-0.2, 0) is 16.1 Å². The van der Waals surface area contributed by atoms with Crippen LogP contribution in [0.4, 0.5) is 4.79 Å². The smallest absolute Gasteiger partial charge is 0.337 e. The molecule has 1 unspecified atom stereocenters. The molecule has 170 valence electrons. The number of allylic oxidation sites excluding steroid dienone is 1. The number of carbonyl (C=O) groups is 2. The third-order valence-electron chi connectivity index (χ3n) is 4.97. The van der Waals surface area contributed by atoms with E-state index in [1.807, 2.05) is 39.0 Å². The van der Waals surface area contributed by atoms with Gasteiger partial charge in [-0.1, -0.05) is 43.6 Å². The number of rotatable bonds is 8. The summed E-state index contributed by atoms with van der Waals surface area (Å²) < 4.78 is 16.8. The molecule has 32 heavy (non-hydrogen) atoms. The van der Waals surface area contributed by atoms with E-state index < -0.39 is 12.0 Å². The Hall–Kier alpha value is -3.19. The summed E-state index contributed by atoms with van der Waals surface area (Å²) in [5.41, 5.74) is 2.49. The molecular formula is C24H27ClN2O5. The van der Waals surface area contributed by atoms with Crippen molar-refractivity contribution in [1.29, 1.82) is 0 Å². The van der Waals surface area contributed by atoms with Crippen molar-refractivity contribution in [2.24, 2.45) is 5.92 Å². The molecule has 2 aromatic carbocycles. The maximum absolute atomic E-state index is 12.6. The van der Waals surface area contributed by atoms with E-state index in [9.17, 15) is 9.59 Å². The average Bonchev–Trinajstić information content (AvgIpc) is 2.77. The van der Waals surface area contributed by atoms with Gasteiger partial charge in [0.1, 0.15) is 6.61 Å². The highest BCUT2D eigenvalue weighted by Crippen LogP contribution is 2.36. The molecule has 7 nitrogen and oxygen atoms in total. The Bertz CT molecular complexity index is 1030. The molecule has 0 radical (unpaired) electrons. The zero-order chi connectivity index (χ0) is 23.3. The molecule has 2 amide bonds. The Morgan fingerprint density at radius 3 is 2.56 bits per heavy atom. The van der Waals surface area contributed by atoms with Crippen LogP contribution in [0.2, 0.25) is 5.02 Å². The number of nitrogens with one attached hydrogen (secondary N) is 2. The predicted molar refractivity (Wildman–Crippen MR) is 122 cm³/mol. The fourth-order valence-corrected chi connectivity index (χ4v) is 3.72. The van der Waals surface area contributed by atoms with Crippen molar-refractivity contribution in [2.75, 3.05) is 13.7 Å². The molecule has 1 atom stereocenters. The van der Waals surface area contributed by atoms with Crippen LogP contribution < -0.4 is 20.1 Å². The summed E-state index contributed by atoms with van der Waals surface area (Å²) in [6.07, 6.45) is 0. The highest BCUT2D eigenvalue weighted by atomic mass is 35.5. The van der Waals surface area contributed by atoms with Gasteiger partial charge in [-0.05, 0) is 48.2 Å². The summed E-state index contributed by atoms with van der Waals surface area (Å²) in [6.45, 7) is 6.41. The van der Waals surface area contributed by atoms with Crippen molar-refractivity contribution in [1.82, 2.24) is 10.6 Å².